The summed E-state index contributed by atoms with van der Waals surface area (Å²) in [7, 11) is 1.19. The number of hydrogen-bond acceptors (Lipinski definition) is 7. The summed E-state index contributed by atoms with van der Waals surface area (Å²) in [6.07, 6.45) is 0.756. The van der Waals surface area contributed by atoms with Crippen LogP contribution in [-0.2, 0) is 30.3 Å². The fraction of sp³-hybridized carbons (Fsp3) is 0.357. The SMILES string of the molecule is C=CCN(C(=O)C(Cc1ccccc1)NC(=O)OC(C)(C)C)C(C(=O)NCC(=O)OC)c1cccc(O)c1. The highest BCUT2D eigenvalue weighted by molar-refractivity contribution is 5.93. The molecule has 2 aromatic rings. The Morgan fingerprint density at radius 3 is 2.34 bits per heavy atom. The van der Waals surface area contributed by atoms with E-state index in [4.69, 9.17) is 4.74 Å². The van der Waals surface area contributed by atoms with Crippen LogP contribution in [0.5, 0.6) is 5.75 Å². The number of ether oxygens (including phenoxy) is 2. The fourth-order valence-corrected chi connectivity index (χ4v) is 3.66. The first-order chi connectivity index (χ1) is 17.9. The lowest BCUT2D eigenvalue weighted by atomic mass is 10.00. The van der Waals surface area contributed by atoms with Gasteiger partial charge in [-0.1, -0.05) is 48.5 Å². The van der Waals surface area contributed by atoms with Crippen molar-refractivity contribution in [2.45, 2.75) is 44.9 Å². The van der Waals surface area contributed by atoms with Crippen LogP contribution in [0.25, 0.3) is 0 Å². The van der Waals surface area contributed by atoms with Crippen LogP contribution < -0.4 is 10.6 Å². The number of methoxy groups -OCH3 is 1. The van der Waals surface area contributed by atoms with Crippen LogP contribution in [0.15, 0.2) is 67.3 Å². The van der Waals surface area contributed by atoms with Gasteiger partial charge < -0.3 is 30.1 Å². The van der Waals surface area contributed by atoms with Crippen LogP contribution >= 0.6 is 0 Å². The van der Waals surface area contributed by atoms with E-state index in [9.17, 15) is 24.3 Å². The zero-order chi connectivity index (χ0) is 28.3. The molecule has 0 heterocycles. The molecule has 2 unspecified atom stereocenters. The van der Waals surface area contributed by atoms with Gasteiger partial charge in [-0.2, -0.15) is 0 Å². The number of esters is 1. The Morgan fingerprint density at radius 1 is 1.08 bits per heavy atom. The molecule has 2 rings (SSSR count). The summed E-state index contributed by atoms with van der Waals surface area (Å²) in [5, 5.41) is 15.2. The van der Waals surface area contributed by atoms with Crippen LogP contribution in [0.2, 0.25) is 0 Å². The van der Waals surface area contributed by atoms with Crippen LogP contribution in [0.3, 0.4) is 0 Å². The third-order valence-corrected chi connectivity index (χ3v) is 5.26. The Bertz CT molecular complexity index is 1130. The second-order valence-corrected chi connectivity index (χ2v) is 9.46. The third-order valence-electron chi connectivity index (χ3n) is 5.26. The van der Waals surface area contributed by atoms with E-state index in [-0.39, 0.29) is 18.7 Å². The summed E-state index contributed by atoms with van der Waals surface area (Å²) >= 11 is 0. The van der Waals surface area contributed by atoms with E-state index >= 15 is 0 Å². The van der Waals surface area contributed by atoms with Gasteiger partial charge in [-0.3, -0.25) is 14.4 Å². The highest BCUT2D eigenvalue weighted by atomic mass is 16.6. The summed E-state index contributed by atoms with van der Waals surface area (Å²) in [4.78, 5) is 52.9. The average molecular weight is 526 g/mol. The van der Waals surface area contributed by atoms with Gasteiger partial charge in [0.25, 0.3) is 0 Å². The molecular formula is C28H35N3O7. The topological polar surface area (TPSA) is 134 Å². The Balaban J connectivity index is 2.50. The maximum Gasteiger partial charge on any atom is 0.408 e. The van der Waals surface area contributed by atoms with E-state index in [1.54, 1.807) is 26.8 Å². The summed E-state index contributed by atoms with van der Waals surface area (Å²) in [6, 6.07) is 12.6. The molecule has 10 nitrogen and oxygen atoms in total. The summed E-state index contributed by atoms with van der Waals surface area (Å²) < 4.78 is 9.97. The van der Waals surface area contributed by atoms with Gasteiger partial charge in [0.05, 0.1) is 7.11 Å². The van der Waals surface area contributed by atoms with Crippen molar-refractivity contribution in [2.75, 3.05) is 20.2 Å². The van der Waals surface area contributed by atoms with Crippen LogP contribution in [0.4, 0.5) is 4.79 Å². The molecule has 204 valence electrons. The zero-order valence-electron chi connectivity index (χ0n) is 22.1. The molecule has 0 aliphatic carbocycles. The zero-order valence-corrected chi connectivity index (χ0v) is 22.1. The van der Waals surface area contributed by atoms with Crippen molar-refractivity contribution in [2.24, 2.45) is 0 Å². The molecule has 0 aliphatic rings. The van der Waals surface area contributed by atoms with Gasteiger partial charge in [0, 0.05) is 13.0 Å². The average Bonchev–Trinajstić information content (AvgIpc) is 2.85. The van der Waals surface area contributed by atoms with Crippen molar-refractivity contribution in [3.63, 3.8) is 0 Å². The number of alkyl carbamates (subject to hydrolysis) is 1. The minimum atomic E-state index is -1.27. The van der Waals surface area contributed by atoms with Crippen LogP contribution in [-0.4, -0.2) is 65.7 Å². The first kappa shape index (κ1) is 29.9. The Hall–Kier alpha value is -4.34. The summed E-state index contributed by atoms with van der Waals surface area (Å²) in [5.74, 6) is -2.08. The molecular weight excluding hydrogens is 490 g/mol. The number of carbonyl (C=O) groups is 4. The van der Waals surface area contributed by atoms with Gasteiger partial charge in [-0.05, 0) is 44.0 Å². The maximum absolute atomic E-state index is 14.0. The lowest BCUT2D eigenvalue weighted by Gasteiger charge is -2.34. The molecule has 0 aliphatic heterocycles. The van der Waals surface area contributed by atoms with Crippen molar-refractivity contribution < 1.29 is 33.8 Å². The second kappa shape index (κ2) is 13.8. The second-order valence-electron chi connectivity index (χ2n) is 9.46. The Labute approximate surface area is 222 Å². The molecule has 2 atom stereocenters. The van der Waals surface area contributed by atoms with E-state index in [0.717, 1.165) is 5.56 Å². The van der Waals surface area contributed by atoms with Crippen molar-refractivity contribution in [3.8, 4) is 5.75 Å². The number of aromatic hydroxyl groups is 1. The molecule has 3 N–H and O–H groups in total. The lowest BCUT2D eigenvalue weighted by Crippen LogP contribution is -2.54. The van der Waals surface area contributed by atoms with E-state index in [1.165, 1.54) is 36.3 Å². The van der Waals surface area contributed by atoms with Crippen LogP contribution in [0, 0.1) is 0 Å². The van der Waals surface area contributed by atoms with Crippen molar-refractivity contribution in [1.29, 1.82) is 0 Å². The van der Waals surface area contributed by atoms with Gasteiger partial charge in [-0.15, -0.1) is 6.58 Å². The number of nitrogens with zero attached hydrogens (tertiary/aromatic N) is 1. The van der Waals surface area contributed by atoms with Gasteiger partial charge in [0.1, 0.15) is 30.0 Å². The van der Waals surface area contributed by atoms with Gasteiger partial charge in [0.2, 0.25) is 11.8 Å². The molecule has 38 heavy (non-hydrogen) atoms. The number of benzene rings is 2. The number of carbonyl (C=O) groups excluding carboxylic acids is 4. The highest BCUT2D eigenvalue weighted by Gasteiger charge is 2.36. The minimum Gasteiger partial charge on any atom is -0.508 e. The van der Waals surface area contributed by atoms with Gasteiger partial charge >= 0.3 is 12.1 Å². The monoisotopic (exact) mass is 525 g/mol. The van der Waals surface area contributed by atoms with E-state index in [2.05, 4.69) is 21.9 Å². The molecule has 0 saturated heterocycles. The molecule has 0 fully saturated rings. The Morgan fingerprint density at radius 2 is 1.76 bits per heavy atom. The standard InChI is InChI=1S/C28H35N3O7/c1-6-15-31(24(20-13-10-14-21(32)17-20)25(34)29-18-23(33)37-5)26(35)22(16-19-11-8-7-9-12-19)30-27(36)38-28(2,3)4/h6-14,17,22,24,32H,1,15-16,18H2,2-5H3,(H,29,34)(H,30,36). The fourth-order valence-electron chi connectivity index (χ4n) is 3.66. The van der Waals surface area contributed by atoms with Crippen molar-refractivity contribution in [3.05, 3.63) is 78.4 Å². The minimum absolute atomic E-state index is 0.0773. The number of rotatable bonds is 11. The smallest absolute Gasteiger partial charge is 0.408 e. The van der Waals surface area contributed by atoms with E-state index < -0.39 is 48.1 Å². The molecule has 0 radical (unpaired) electrons. The van der Waals surface area contributed by atoms with Gasteiger partial charge in [0.15, 0.2) is 0 Å². The van der Waals surface area contributed by atoms with Crippen molar-refractivity contribution >= 4 is 23.9 Å². The quantitative estimate of drug-likeness (QED) is 0.303. The van der Waals surface area contributed by atoms with Crippen LogP contribution in [0.1, 0.15) is 37.9 Å². The third kappa shape index (κ3) is 9.27. The highest BCUT2D eigenvalue weighted by Crippen LogP contribution is 2.26. The number of phenolic OH excluding ortho intramolecular Hbond substituents is 1. The first-order valence-electron chi connectivity index (χ1n) is 12.0. The first-order valence-corrected chi connectivity index (χ1v) is 12.0. The number of amides is 3. The molecule has 3 amide bonds. The predicted octanol–water partition coefficient (Wildman–Crippen LogP) is 2.87. The van der Waals surface area contributed by atoms with Gasteiger partial charge in [-0.25, -0.2) is 4.79 Å². The van der Waals surface area contributed by atoms with Crippen molar-refractivity contribution in [1.82, 2.24) is 15.5 Å². The largest absolute Gasteiger partial charge is 0.508 e. The molecule has 0 aromatic heterocycles. The lowest BCUT2D eigenvalue weighted by molar-refractivity contribution is -0.144. The van der Waals surface area contributed by atoms with E-state index in [0.29, 0.717) is 5.56 Å². The molecule has 2 aromatic carbocycles. The normalized spacial score (nSPS) is 12.4. The summed E-state index contributed by atoms with van der Waals surface area (Å²) in [5.41, 5.74) is 0.256. The Kier molecular flexibility index (Phi) is 10.9. The summed E-state index contributed by atoms with van der Waals surface area (Å²) in [6.45, 7) is 8.32. The molecule has 10 heteroatoms. The maximum atomic E-state index is 14.0. The molecule has 0 saturated carbocycles. The molecule has 0 bridgehead atoms. The van der Waals surface area contributed by atoms with E-state index in [1.807, 2.05) is 30.3 Å². The number of phenols is 1. The number of hydrogen-bond donors (Lipinski definition) is 3. The molecule has 0 spiro atoms. The predicted molar refractivity (Wildman–Crippen MR) is 141 cm³/mol. The number of nitrogens with one attached hydrogen (secondary N) is 2.